The molecule has 0 spiro atoms. The number of halogens is 1. The molecule has 0 aliphatic rings. The summed E-state index contributed by atoms with van der Waals surface area (Å²) in [5.41, 5.74) is 10.6. The van der Waals surface area contributed by atoms with Crippen molar-refractivity contribution in [1.82, 2.24) is 24.6 Å². The Bertz CT molecular complexity index is 1370. The van der Waals surface area contributed by atoms with E-state index in [1.54, 1.807) is 30.9 Å². The van der Waals surface area contributed by atoms with Crippen molar-refractivity contribution in [3.05, 3.63) is 103 Å². The van der Waals surface area contributed by atoms with E-state index < -0.39 is 5.41 Å². The molecule has 0 saturated carbocycles. The summed E-state index contributed by atoms with van der Waals surface area (Å²) in [6.45, 7) is 2.40. The Morgan fingerprint density at radius 2 is 1.66 bits per heavy atom. The second-order valence-electron chi connectivity index (χ2n) is 7.83. The van der Waals surface area contributed by atoms with Crippen LogP contribution in [0.2, 0.25) is 0 Å². The molecule has 0 aliphatic carbocycles. The van der Waals surface area contributed by atoms with E-state index in [-0.39, 0.29) is 5.82 Å². The van der Waals surface area contributed by atoms with E-state index in [4.69, 9.17) is 10.7 Å². The van der Waals surface area contributed by atoms with Gasteiger partial charge in [-0.2, -0.15) is 0 Å². The largest absolute Gasteiger partial charge is 0.329 e. The fraction of sp³-hybridized carbons (Fsp3) is 0.120. The van der Waals surface area contributed by atoms with Crippen LogP contribution in [-0.2, 0) is 5.41 Å². The highest BCUT2D eigenvalue weighted by Gasteiger charge is 2.33. The van der Waals surface area contributed by atoms with Crippen molar-refractivity contribution in [2.75, 3.05) is 6.54 Å². The maximum atomic E-state index is 13.7. The normalized spacial score (nSPS) is 13.2. The van der Waals surface area contributed by atoms with E-state index in [1.807, 2.05) is 46.9 Å². The van der Waals surface area contributed by atoms with E-state index in [9.17, 15) is 4.39 Å². The first-order valence-electron chi connectivity index (χ1n) is 10.3. The second-order valence-corrected chi connectivity index (χ2v) is 7.83. The molecule has 6 nitrogen and oxygen atoms in total. The number of hydrogen-bond acceptors (Lipinski definition) is 5. The molecule has 0 bridgehead atoms. The zero-order valence-electron chi connectivity index (χ0n) is 17.5. The van der Waals surface area contributed by atoms with Gasteiger partial charge in [-0.3, -0.25) is 9.38 Å². The first kappa shape index (κ1) is 20.0. The van der Waals surface area contributed by atoms with E-state index in [2.05, 4.69) is 22.1 Å². The fourth-order valence-corrected chi connectivity index (χ4v) is 4.02. The van der Waals surface area contributed by atoms with Crippen LogP contribution in [0.25, 0.3) is 28.0 Å². The Balaban J connectivity index is 1.87. The van der Waals surface area contributed by atoms with Gasteiger partial charge in [-0.05, 0) is 42.3 Å². The maximum Gasteiger partial charge on any atom is 0.172 e. The second kappa shape index (κ2) is 7.94. The van der Waals surface area contributed by atoms with Crippen molar-refractivity contribution in [2.45, 2.75) is 12.3 Å². The van der Waals surface area contributed by atoms with Crippen LogP contribution >= 0.6 is 0 Å². The molecule has 7 heteroatoms. The van der Waals surface area contributed by atoms with E-state index in [0.717, 1.165) is 28.1 Å². The van der Waals surface area contributed by atoms with Gasteiger partial charge >= 0.3 is 0 Å². The summed E-state index contributed by atoms with van der Waals surface area (Å²) in [7, 11) is 0. The van der Waals surface area contributed by atoms with Gasteiger partial charge in [0, 0.05) is 24.5 Å². The van der Waals surface area contributed by atoms with Crippen LogP contribution < -0.4 is 5.73 Å². The lowest BCUT2D eigenvalue weighted by Gasteiger charge is -2.29. The molecular formula is C25H21FN6. The molecule has 2 aromatic carbocycles. The number of fused-ring (bicyclic) bond motifs is 1. The van der Waals surface area contributed by atoms with Crippen LogP contribution in [0.5, 0.6) is 0 Å². The quantitative estimate of drug-likeness (QED) is 0.456. The number of aromatic nitrogens is 5. The third-order valence-corrected chi connectivity index (χ3v) is 5.85. The zero-order valence-corrected chi connectivity index (χ0v) is 17.5. The van der Waals surface area contributed by atoms with Crippen LogP contribution in [0, 0.1) is 5.82 Å². The Labute approximate surface area is 184 Å². The topological polar surface area (TPSA) is 82.0 Å². The van der Waals surface area contributed by atoms with Gasteiger partial charge in [0.1, 0.15) is 18.0 Å². The lowest BCUT2D eigenvalue weighted by atomic mass is 9.81. The van der Waals surface area contributed by atoms with Crippen molar-refractivity contribution in [3.63, 3.8) is 0 Å². The number of pyridine rings is 1. The van der Waals surface area contributed by atoms with Gasteiger partial charge < -0.3 is 5.73 Å². The smallest absolute Gasteiger partial charge is 0.172 e. The molecule has 32 heavy (non-hydrogen) atoms. The van der Waals surface area contributed by atoms with Gasteiger partial charge in [0.2, 0.25) is 0 Å². The summed E-state index contributed by atoms with van der Waals surface area (Å²) in [6, 6.07) is 20.2. The summed E-state index contributed by atoms with van der Waals surface area (Å²) in [6.07, 6.45) is 5.09. The monoisotopic (exact) mass is 424 g/mol. The molecule has 0 aliphatic heterocycles. The minimum atomic E-state index is -0.592. The SMILES string of the molecule is CC(CN)(c1ccccc1)c1nc(-c2ccncc2)c(-c2ccc(F)cc2)c2nncn12. The zero-order chi connectivity index (χ0) is 22.1. The first-order valence-corrected chi connectivity index (χ1v) is 10.3. The minimum Gasteiger partial charge on any atom is -0.329 e. The van der Waals surface area contributed by atoms with Crippen LogP contribution in [0.4, 0.5) is 4.39 Å². The van der Waals surface area contributed by atoms with Crippen molar-refractivity contribution in [3.8, 4) is 22.4 Å². The molecule has 0 radical (unpaired) electrons. The molecule has 0 amide bonds. The fourth-order valence-electron chi connectivity index (χ4n) is 4.02. The summed E-state index contributed by atoms with van der Waals surface area (Å²) in [4.78, 5) is 9.28. The third-order valence-electron chi connectivity index (χ3n) is 5.85. The summed E-state index contributed by atoms with van der Waals surface area (Å²) in [5, 5.41) is 8.62. The molecule has 2 N–H and O–H groups in total. The first-order chi connectivity index (χ1) is 15.6. The van der Waals surface area contributed by atoms with Gasteiger partial charge in [-0.25, -0.2) is 9.37 Å². The molecule has 158 valence electrons. The Hall–Kier alpha value is -3.97. The predicted octanol–water partition coefficient (Wildman–Crippen LogP) is 4.26. The van der Waals surface area contributed by atoms with Crippen LogP contribution in [0.15, 0.2) is 85.5 Å². The van der Waals surface area contributed by atoms with Crippen LogP contribution in [0.3, 0.4) is 0 Å². The molecular weight excluding hydrogens is 403 g/mol. The van der Waals surface area contributed by atoms with Gasteiger partial charge in [-0.15, -0.1) is 10.2 Å². The Morgan fingerprint density at radius 1 is 0.938 bits per heavy atom. The molecule has 1 unspecified atom stereocenters. The molecule has 3 aromatic heterocycles. The van der Waals surface area contributed by atoms with Gasteiger partial charge in [0.15, 0.2) is 5.65 Å². The van der Waals surface area contributed by atoms with E-state index in [1.165, 1.54) is 12.1 Å². The number of benzene rings is 2. The molecule has 3 heterocycles. The molecule has 1 atom stereocenters. The van der Waals surface area contributed by atoms with Crippen molar-refractivity contribution < 1.29 is 4.39 Å². The van der Waals surface area contributed by atoms with Gasteiger partial charge in [0.25, 0.3) is 0 Å². The van der Waals surface area contributed by atoms with E-state index >= 15 is 0 Å². The number of nitrogens with zero attached hydrogens (tertiary/aromatic N) is 5. The Kier molecular flexibility index (Phi) is 4.95. The average Bonchev–Trinajstić information content (AvgIpc) is 3.34. The highest BCUT2D eigenvalue weighted by molar-refractivity contribution is 5.89. The number of rotatable bonds is 5. The van der Waals surface area contributed by atoms with Crippen molar-refractivity contribution >= 4 is 5.65 Å². The predicted molar refractivity (Wildman–Crippen MR) is 121 cm³/mol. The molecule has 0 fully saturated rings. The van der Waals surface area contributed by atoms with Crippen molar-refractivity contribution in [2.24, 2.45) is 5.73 Å². The van der Waals surface area contributed by atoms with Crippen LogP contribution in [0.1, 0.15) is 18.3 Å². The summed E-state index contributed by atoms with van der Waals surface area (Å²) >= 11 is 0. The lowest BCUT2D eigenvalue weighted by Crippen LogP contribution is -2.36. The number of nitrogens with two attached hydrogens (primary N) is 1. The lowest BCUT2D eigenvalue weighted by molar-refractivity contribution is 0.536. The van der Waals surface area contributed by atoms with Gasteiger partial charge in [-0.1, -0.05) is 42.5 Å². The Morgan fingerprint density at radius 3 is 2.34 bits per heavy atom. The highest BCUT2D eigenvalue weighted by Crippen LogP contribution is 2.38. The summed E-state index contributed by atoms with van der Waals surface area (Å²) < 4.78 is 15.5. The standard InChI is InChI=1S/C25H21FN6/c1-25(15-27,19-5-3-2-4-6-19)24-30-22(18-11-13-28-14-12-18)21(23-31-29-16-32(23)24)17-7-9-20(26)10-8-17/h2-14,16H,15,27H2,1H3. The maximum absolute atomic E-state index is 13.7. The van der Waals surface area contributed by atoms with Gasteiger partial charge in [0.05, 0.1) is 16.7 Å². The van der Waals surface area contributed by atoms with Crippen LogP contribution in [-0.4, -0.2) is 31.1 Å². The minimum absolute atomic E-state index is 0.305. The molecule has 5 rings (SSSR count). The third kappa shape index (κ3) is 3.23. The summed E-state index contributed by atoms with van der Waals surface area (Å²) in [5.74, 6) is 0.421. The molecule has 0 saturated heterocycles. The molecule has 5 aromatic rings. The highest BCUT2D eigenvalue weighted by atomic mass is 19.1. The van der Waals surface area contributed by atoms with E-state index in [0.29, 0.717) is 17.9 Å². The van der Waals surface area contributed by atoms with Crippen molar-refractivity contribution in [1.29, 1.82) is 0 Å². The average molecular weight is 424 g/mol. The number of hydrogen-bond donors (Lipinski definition) is 1.